The number of hydrogen-bond acceptors (Lipinski definition) is 3. The van der Waals surface area contributed by atoms with Crippen LogP contribution in [0.15, 0.2) is 53.7 Å². The van der Waals surface area contributed by atoms with Gasteiger partial charge in [-0.15, -0.1) is 0 Å². The fourth-order valence-electron chi connectivity index (χ4n) is 2.02. The summed E-state index contributed by atoms with van der Waals surface area (Å²) in [7, 11) is 0. The number of aromatic hydroxyl groups is 1. The number of pyridine rings is 1. The lowest BCUT2D eigenvalue weighted by Crippen LogP contribution is -2.38. The van der Waals surface area contributed by atoms with Crippen molar-refractivity contribution in [1.82, 2.24) is 15.6 Å². The summed E-state index contributed by atoms with van der Waals surface area (Å²) in [6.45, 7) is 4.12. The first-order chi connectivity index (χ1) is 10.8. The molecule has 0 saturated heterocycles. The van der Waals surface area contributed by atoms with Crippen LogP contribution in [0.5, 0.6) is 5.75 Å². The standard InChI is InChI=1S/C17H22N4O/c1-2-18-17(20-11-9-15-7-3-4-10-19-15)21-13-14-6-5-8-16(22)12-14/h3-8,10,12,22H,2,9,11,13H2,1H3,(H2,18,20,21). The molecule has 1 aromatic heterocycles. The van der Waals surface area contributed by atoms with E-state index in [1.165, 1.54) is 0 Å². The van der Waals surface area contributed by atoms with Crippen LogP contribution in [-0.4, -0.2) is 29.1 Å². The smallest absolute Gasteiger partial charge is 0.191 e. The molecule has 2 rings (SSSR count). The Labute approximate surface area is 131 Å². The predicted octanol–water partition coefficient (Wildman–Crippen LogP) is 2.08. The number of aliphatic imine (C=N–C) groups is 1. The number of aromatic nitrogens is 1. The molecule has 0 aliphatic rings. The predicted molar refractivity (Wildman–Crippen MR) is 88.9 cm³/mol. The maximum atomic E-state index is 9.46. The molecule has 0 fully saturated rings. The number of guanidine groups is 1. The lowest BCUT2D eigenvalue weighted by Gasteiger charge is -2.11. The second-order valence-corrected chi connectivity index (χ2v) is 4.86. The van der Waals surface area contributed by atoms with E-state index in [9.17, 15) is 5.11 Å². The molecule has 0 unspecified atom stereocenters. The van der Waals surface area contributed by atoms with E-state index in [2.05, 4.69) is 20.6 Å². The lowest BCUT2D eigenvalue weighted by atomic mass is 10.2. The van der Waals surface area contributed by atoms with E-state index in [4.69, 9.17) is 0 Å². The average molecular weight is 298 g/mol. The van der Waals surface area contributed by atoms with Gasteiger partial charge in [-0.05, 0) is 36.8 Å². The molecule has 5 heteroatoms. The molecule has 116 valence electrons. The van der Waals surface area contributed by atoms with Gasteiger partial charge in [-0.3, -0.25) is 4.98 Å². The van der Waals surface area contributed by atoms with Crippen LogP contribution < -0.4 is 10.6 Å². The van der Waals surface area contributed by atoms with Crippen molar-refractivity contribution >= 4 is 5.96 Å². The Kier molecular flexibility index (Phi) is 6.23. The monoisotopic (exact) mass is 298 g/mol. The van der Waals surface area contributed by atoms with Gasteiger partial charge in [0.2, 0.25) is 0 Å². The number of phenols is 1. The van der Waals surface area contributed by atoms with Crippen LogP contribution in [0, 0.1) is 0 Å². The highest BCUT2D eigenvalue weighted by Crippen LogP contribution is 2.11. The lowest BCUT2D eigenvalue weighted by molar-refractivity contribution is 0.474. The molecule has 0 aliphatic carbocycles. The molecule has 2 aromatic rings. The Morgan fingerprint density at radius 1 is 1.18 bits per heavy atom. The van der Waals surface area contributed by atoms with Crippen LogP contribution in [0.3, 0.4) is 0 Å². The van der Waals surface area contributed by atoms with Gasteiger partial charge < -0.3 is 15.7 Å². The normalized spacial score (nSPS) is 11.2. The first kappa shape index (κ1) is 15.8. The fraction of sp³-hybridized carbons (Fsp3) is 0.294. The molecule has 0 spiro atoms. The Balaban J connectivity index is 1.87. The zero-order valence-electron chi connectivity index (χ0n) is 12.8. The average Bonchev–Trinajstić information content (AvgIpc) is 2.54. The third-order valence-corrected chi connectivity index (χ3v) is 3.07. The van der Waals surface area contributed by atoms with E-state index >= 15 is 0 Å². The van der Waals surface area contributed by atoms with Crippen molar-refractivity contribution in [2.45, 2.75) is 19.9 Å². The molecule has 0 bridgehead atoms. The van der Waals surface area contributed by atoms with Gasteiger partial charge in [-0.25, -0.2) is 4.99 Å². The number of nitrogens with zero attached hydrogens (tertiary/aromatic N) is 2. The van der Waals surface area contributed by atoms with Crippen LogP contribution in [-0.2, 0) is 13.0 Å². The summed E-state index contributed by atoms with van der Waals surface area (Å²) in [6, 6.07) is 13.1. The van der Waals surface area contributed by atoms with Crippen LogP contribution in [0.4, 0.5) is 0 Å². The molecule has 1 heterocycles. The quantitative estimate of drug-likeness (QED) is 0.564. The van der Waals surface area contributed by atoms with Crippen molar-refractivity contribution in [2.24, 2.45) is 4.99 Å². The Hall–Kier alpha value is -2.56. The second-order valence-electron chi connectivity index (χ2n) is 4.86. The Morgan fingerprint density at radius 2 is 2.09 bits per heavy atom. The first-order valence-electron chi connectivity index (χ1n) is 7.48. The van der Waals surface area contributed by atoms with Crippen molar-refractivity contribution in [1.29, 1.82) is 0 Å². The van der Waals surface area contributed by atoms with Gasteiger partial charge >= 0.3 is 0 Å². The Bertz CT molecular complexity index is 599. The van der Waals surface area contributed by atoms with Crippen molar-refractivity contribution < 1.29 is 5.11 Å². The highest BCUT2D eigenvalue weighted by atomic mass is 16.3. The van der Waals surface area contributed by atoms with Gasteiger partial charge in [0, 0.05) is 31.4 Å². The van der Waals surface area contributed by atoms with E-state index < -0.39 is 0 Å². The van der Waals surface area contributed by atoms with Crippen molar-refractivity contribution in [2.75, 3.05) is 13.1 Å². The largest absolute Gasteiger partial charge is 0.508 e. The molecular weight excluding hydrogens is 276 g/mol. The van der Waals surface area contributed by atoms with Crippen molar-refractivity contribution in [3.05, 3.63) is 59.9 Å². The number of rotatable bonds is 6. The number of hydrogen-bond donors (Lipinski definition) is 3. The molecule has 0 amide bonds. The van der Waals surface area contributed by atoms with Gasteiger partial charge in [0.25, 0.3) is 0 Å². The SMILES string of the molecule is CCNC(=NCc1cccc(O)c1)NCCc1ccccn1. The van der Waals surface area contributed by atoms with Crippen molar-refractivity contribution in [3.63, 3.8) is 0 Å². The van der Waals surface area contributed by atoms with E-state index in [1.807, 2.05) is 37.3 Å². The summed E-state index contributed by atoms with van der Waals surface area (Å²) in [4.78, 5) is 8.82. The minimum Gasteiger partial charge on any atom is -0.508 e. The molecule has 1 aromatic carbocycles. The van der Waals surface area contributed by atoms with E-state index in [0.717, 1.165) is 36.7 Å². The van der Waals surface area contributed by atoms with Crippen LogP contribution in [0.2, 0.25) is 0 Å². The number of phenolic OH excluding ortho intramolecular Hbond substituents is 1. The van der Waals surface area contributed by atoms with E-state index in [1.54, 1.807) is 18.3 Å². The zero-order chi connectivity index (χ0) is 15.6. The van der Waals surface area contributed by atoms with Gasteiger partial charge in [0.05, 0.1) is 6.54 Å². The maximum Gasteiger partial charge on any atom is 0.191 e. The summed E-state index contributed by atoms with van der Waals surface area (Å²) in [5.74, 6) is 1.03. The van der Waals surface area contributed by atoms with E-state index in [-0.39, 0.29) is 5.75 Å². The third-order valence-electron chi connectivity index (χ3n) is 3.07. The molecule has 0 aliphatic heterocycles. The molecule has 22 heavy (non-hydrogen) atoms. The molecule has 0 saturated carbocycles. The minimum atomic E-state index is 0.265. The van der Waals surface area contributed by atoms with Gasteiger partial charge in [-0.2, -0.15) is 0 Å². The minimum absolute atomic E-state index is 0.265. The van der Waals surface area contributed by atoms with Gasteiger partial charge in [0.15, 0.2) is 5.96 Å². The molecular formula is C17H22N4O. The summed E-state index contributed by atoms with van der Waals surface area (Å²) in [6.07, 6.45) is 2.65. The topological polar surface area (TPSA) is 69.5 Å². The molecule has 0 atom stereocenters. The van der Waals surface area contributed by atoms with Crippen LogP contribution >= 0.6 is 0 Å². The highest BCUT2D eigenvalue weighted by Gasteiger charge is 1.99. The summed E-state index contributed by atoms with van der Waals surface area (Å²) in [5, 5.41) is 16.0. The van der Waals surface area contributed by atoms with Crippen molar-refractivity contribution in [3.8, 4) is 5.75 Å². The van der Waals surface area contributed by atoms with Crippen LogP contribution in [0.1, 0.15) is 18.2 Å². The highest BCUT2D eigenvalue weighted by molar-refractivity contribution is 5.79. The number of benzene rings is 1. The Morgan fingerprint density at radius 3 is 2.82 bits per heavy atom. The maximum absolute atomic E-state index is 9.46. The summed E-state index contributed by atoms with van der Waals surface area (Å²) < 4.78 is 0. The molecule has 5 nitrogen and oxygen atoms in total. The molecule has 3 N–H and O–H groups in total. The van der Waals surface area contributed by atoms with Gasteiger partial charge in [-0.1, -0.05) is 18.2 Å². The van der Waals surface area contributed by atoms with Crippen LogP contribution in [0.25, 0.3) is 0 Å². The summed E-state index contributed by atoms with van der Waals surface area (Å²) >= 11 is 0. The molecule has 0 radical (unpaired) electrons. The number of nitrogens with one attached hydrogen (secondary N) is 2. The third kappa shape index (κ3) is 5.44. The summed E-state index contributed by atoms with van der Waals surface area (Å²) in [5.41, 5.74) is 2.03. The fourth-order valence-corrected chi connectivity index (χ4v) is 2.02. The zero-order valence-corrected chi connectivity index (χ0v) is 12.8. The second kappa shape index (κ2) is 8.67. The van der Waals surface area contributed by atoms with E-state index in [0.29, 0.717) is 6.54 Å². The van der Waals surface area contributed by atoms with Gasteiger partial charge in [0.1, 0.15) is 5.75 Å². The first-order valence-corrected chi connectivity index (χ1v) is 7.48.